The first-order chi connectivity index (χ1) is 10.8. The summed E-state index contributed by atoms with van der Waals surface area (Å²) in [6.07, 6.45) is 0. The summed E-state index contributed by atoms with van der Waals surface area (Å²) in [7, 11) is 0. The fourth-order valence-electron chi connectivity index (χ4n) is 3.41. The Morgan fingerprint density at radius 2 is 1.36 bits per heavy atom. The third-order valence-corrected chi connectivity index (χ3v) is 4.43. The van der Waals surface area contributed by atoms with Gasteiger partial charge in [-0.25, -0.2) is 0 Å². The van der Waals surface area contributed by atoms with Gasteiger partial charge >= 0.3 is 0 Å². The van der Waals surface area contributed by atoms with Gasteiger partial charge in [0.25, 0.3) is 0 Å². The zero-order chi connectivity index (χ0) is 14.7. The Hall–Kier alpha value is -3.07. The Morgan fingerprint density at radius 3 is 2.23 bits per heavy atom. The van der Waals surface area contributed by atoms with Crippen LogP contribution in [0, 0.1) is 10.6 Å². The van der Waals surface area contributed by atoms with Gasteiger partial charge in [-0.05, 0) is 5.39 Å². The molecule has 0 saturated carbocycles. The second-order valence-electron chi connectivity index (χ2n) is 5.58. The third-order valence-electron chi connectivity index (χ3n) is 4.43. The lowest BCUT2D eigenvalue weighted by Gasteiger charge is -2.04. The molecule has 1 aliphatic heterocycles. The fraction of sp³-hybridized carbons (Fsp3) is 0. The van der Waals surface area contributed by atoms with Crippen molar-refractivity contribution in [3.63, 3.8) is 0 Å². The van der Waals surface area contributed by atoms with E-state index in [1.165, 1.54) is 0 Å². The van der Waals surface area contributed by atoms with Crippen molar-refractivity contribution in [1.29, 1.82) is 0 Å². The zero-order valence-electron chi connectivity index (χ0n) is 11.7. The molecule has 2 N–H and O–H groups in total. The summed E-state index contributed by atoms with van der Waals surface area (Å²) in [6.45, 7) is 0. The van der Waals surface area contributed by atoms with E-state index in [1.807, 2.05) is 42.5 Å². The molecule has 0 spiro atoms. The Balaban J connectivity index is 2.17. The Kier molecular flexibility index (Phi) is 2.09. The molecule has 0 unspecified atom stereocenters. The van der Waals surface area contributed by atoms with E-state index in [2.05, 4.69) is 28.4 Å². The van der Waals surface area contributed by atoms with E-state index in [4.69, 9.17) is 0 Å². The van der Waals surface area contributed by atoms with Gasteiger partial charge in [-0.1, -0.05) is 60.7 Å². The summed E-state index contributed by atoms with van der Waals surface area (Å²) < 4.78 is 0. The van der Waals surface area contributed by atoms with Crippen LogP contribution >= 0.6 is 0 Å². The van der Waals surface area contributed by atoms with Crippen molar-refractivity contribution in [2.45, 2.75) is 0 Å². The van der Waals surface area contributed by atoms with Crippen LogP contribution in [0.2, 0.25) is 0 Å². The molecule has 104 valence electrons. The molecule has 3 aromatic carbocycles. The lowest BCUT2D eigenvalue weighted by molar-refractivity contribution is 1.05. The van der Waals surface area contributed by atoms with Crippen LogP contribution in [0.25, 0.3) is 32.4 Å². The van der Waals surface area contributed by atoms with Crippen LogP contribution in [-0.2, 0) is 0 Å². The third kappa shape index (κ3) is 1.33. The minimum Gasteiger partial charge on any atom is -0.300 e. The Morgan fingerprint density at radius 1 is 0.636 bits per heavy atom. The van der Waals surface area contributed by atoms with Crippen molar-refractivity contribution in [3.05, 3.63) is 81.5 Å². The van der Waals surface area contributed by atoms with Gasteiger partial charge in [-0.2, -0.15) is 0 Å². The molecule has 1 heterocycles. The summed E-state index contributed by atoms with van der Waals surface area (Å²) in [6, 6.07) is 20.0. The lowest BCUT2D eigenvalue weighted by Crippen LogP contribution is -1.99. The lowest BCUT2D eigenvalue weighted by atomic mass is 10.1. The van der Waals surface area contributed by atoms with E-state index in [9.17, 15) is 4.79 Å². The van der Waals surface area contributed by atoms with Crippen LogP contribution in [0.3, 0.4) is 0 Å². The minimum absolute atomic E-state index is 0.0936. The van der Waals surface area contributed by atoms with Crippen LogP contribution in [-0.4, -0.2) is 10.2 Å². The van der Waals surface area contributed by atoms with E-state index in [1.54, 1.807) is 0 Å². The number of H-pyrrole nitrogens is 2. The molecule has 3 heteroatoms. The van der Waals surface area contributed by atoms with Gasteiger partial charge in [0.1, 0.15) is 0 Å². The number of aromatic amines is 2. The summed E-state index contributed by atoms with van der Waals surface area (Å²) in [5, 5.41) is 13.1. The summed E-state index contributed by atoms with van der Waals surface area (Å²) in [5.41, 5.74) is 1.06. The standard InChI is InChI=1S/C19H12N2O/c22-19-14-8-4-3-7-13(14)18-16(19)15-10-9-11-5-1-2-6-12(11)17(15)20-21-18/h1-10,20-21H. The highest BCUT2D eigenvalue weighted by molar-refractivity contribution is 6.05. The smallest absolute Gasteiger partial charge is 0.196 e. The Labute approximate surface area is 124 Å². The second kappa shape index (κ2) is 3.98. The van der Waals surface area contributed by atoms with Gasteiger partial charge in [0, 0.05) is 21.5 Å². The maximum atomic E-state index is 12.8. The molecule has 0 atom stereocenters. The summed E-state index contributed by atoms with van der Waals surface area (Å²) in [4.78, 5) is 12.8. The average Bonchev–Trinajstić information content (AvgIpc) is 2.88. The van der Waals surface area contributed by atoms with Crippen LogP contribution in [0.15, 0.2) is 65.5 Å². The van der Waals surface area contributed by atoms with Crippen molar-refractivity contribution in [1.82, 2.24) is 10.2 Å². The molecule has 5 rings (SSSR count). The fourth-order valence-corrected chi connectivity index (χ4v) is 3.41. The number of aromatic nitrogens is 2. The highest BCUT2D eigenvalue weighted by Crippen LogP contribution is 2.25. The molecule has 2 aliphatic rings. The average molecular weight is 284 g/mol. The van der Waals surface area contributed by atoms with Crippen molar-refractivity contribution in [2.75, 3.05) is 0 Å². The van der Waals surface area contributed by atoms with E-state index >= 15 is 0 Å². The molecule has 0 aromatic heterocycles. The van der Waals surface area contributed by atoms with Crippen molar-refractivity contribution < 1.29 is 0 Å². The van der Waals surface area contributed by atoms with E-state index in [0.29, 0.717) is 0 Å². The second-order valence-corrected chi connectivity index (χ2v) is 5.58. The summed E-state index contributed by atoms with van der Waals surface area (Å²) in [5.74, 6) is 0. The highest BCUT2D eigenvalue weighted by Gasteiger charge is 2.11. The zero-order valence-corrected chi connectivity index (χ0v) is 11.7. The molecule has 1 aliphatic carbocycles. The quantitative estimate of drug-likeness (QED) is 0.445. The predicted octanol–water partition coefficient (Wildman–Crippen LogP) is 3.89. The molecule has 0 amide bonds. The van der Waals surface area contributed by atoms with Crippen LogP contribution < -0.4 is 5.43 Å². The van der Waals surface area contributed by atoms with Gasteiger partial charge < -0.3 is 0 Å². The van der Waals surface area contributed by atoms with Gasteiger partial charge in [-0.3, -0.25) is 15.0 Å². The summed E-state index contributed by atoms with van der Waals surface area (Å²) >= 11 is 0. The molecular formula is C19H12N2O. The minimum atomic E-state index is 0.0936. The number of fused-ring (bicyclic) bond motifs is 6. The molecule has 0 fully saturated rings. The monoisotopic (exact) mass is 284 g/mol. The largest absolute Gasteiger partial charge is 0.300 e. The first-order valence-corrected chi connectivity index (χ1v) is 7.27. The van der Waals surface area contributed by atoms with Crippen molar-refractivity contribution in [3.8, 4) is 0 Å². The van der Waals surface area contributed by atoms with E-state index < -0.39 is 0 Å². The number of hydrogen-bond acceptors (Lipinski definition) is 1. The molecule has 0 bridgehead atoms. The SMILES string of the molecule is O=c1c2c3ccc4ccccc4c3[nH][nH]c=2c2ccccc12. The molecule has 22 heavy (non-hydrogen) atoms. The van der Waals surface area contributed by atoms with Gasteiger partial charge in [-0.15, -0.1) is 0 Å². The van der Waals surface area contributed by atoms with Gasteiger partial charge in [0.05, 0.1) is 16.1 Å². The molecular weight excluding hydrogens is 272 g/mol. The number of hydrogen-bond donors (Lipinski definition) is 2. The maximum absolute atomic E-state index is 12.8. The Bertz CT molecular complexity index is 1290. The van der Waals surface area contributed by atoms with Gasteiger partial charge in [0.2, 0.25) is 0 Å². The number of nitrogens with one attached hydrogen (secondary N) is 2. The van der Waals surface area contributed by atoms with Crippen LogP contribution in [0.5, 0.6) is 0 Å². The first kappa shape index (κ1) is 11.6. The molecule has 0 saturated heterocycles. The number of rotatable bonds is 0. The van der Waals surface area contributed by atoms with E-state index in [0.717, 1.165) is 43.0 Å². The predicted molar refractivity (Wildman–Crippen MR) is 89.2 cm³/mol. The van der Waals surface area contributed by atoms with Crippen LogP contribution in [0.4, 0.5) is 0 Å². The topological polar surface area (TPSA) is 48.6 Å². The maximum Gasteiger partial charge on any atom is 0.196 e. The van der Waals surface area contributed by atoms with E-state index in [-0.39, 0.29) is 5.43 Å². The highest BCUT2D eigenvalue weighted by atomic mass is 16.1. The molecule has 3 nitrogen and oxygen atoms in total. The van der Waals surface area contributed by atoms with Crippen molar-refractivity contribution >= 4 is 32.4 Å². The normalized spacial score (nSPS) is 11.8. The molecule has 3 aromatic rings. The van der Waals surface area contributed by atoms with Crippen LogP contribution in [0.1, 0.15) is 0 Å². The molecule has 0 radical (unpaired) electrons. The number of benzene rings is 3. The van der Waals surface area contributed by atoms with Crippen molar-refractivity contribution in [2.24, 2.45) is 0 Å². The van der Waals surface area contributed by atoms with Gasteiger partial charge in [0.15, 0.2) is 5.43 Å². The first-order valence-electron chi connectivity index (χ1n) is 7.27.